The van der Waals surface area contributed by atoms with Gasteiger partial charge in [-0.15, -0.1) is 6.58 Å². The molecular weight excluding hydrogens is 130 g/mol. The van der Waals surface area contributed by atoms with Crippen molar-refractivity contribution >= 4 is 5.91 Å². The van der Waals surface area contributed by atoms with Gasteiger partial charge in [0.25, 0.3) is 0 Å². The topological polar surface area (TPSA) is 49.3 Å². The van der Waals surface area contributed by atoms with Gasteiger partial charge in [-0.3, -0.25) is 4.79 Å². The number of carbonyl (C=O) groups excluding carboxylic acids is 1. The summed E-state index contributed by atoms with van der Waals surface area (Å²) in [7, 11) is 0. The zero-order chi connectivity index (χ0) is 7.72. The molecule has 3 heteroatoms. The molecule has 1 fully saturated rings. The molecule has 0 radical (unpaired) electrons. The highest BCUT2D eigenvalue weighted by Gasteiger charge is 2.40. The maximum Gasteiger partial charge on any atom is 0.228 e. The number of nitrogens with one attached hydrogen (secondary N) is 1. The van der Waals surface area contributed by atoms with Crippen LogP contribution in [0.4, 0.5) is 0 Å². The number of carbonyl (C=O) groups is 1. The van der Waals surface area contributed by atoms with Crippen LogP contribution in [-0.2, 0) is 4.79 Å². The quantitative estimate of drug-likeness (QED) is 0.408. The lowest BCUT2D eigenvalue weighted by molar-refractivity contribution is -0.138. The van der Waals surface area contributed by atoms with E-state index in [-0.39, 0.29) is 17.9 Å². The van der Waals surface area contributed by atoms with E-state index in [9.17, 15) is 4.79 Å². The van der Waals surface area contributed by atoms with Gasteiger partial charge >= 0.3 is 0 Å². The molecule has 2 N–H and O–H groups in total. The lowest BCUT2D eigenvalue weighted by Gasteiger charge is -2.36. The summed E-state index contributed by atoms with van der Waals surface area (Å²) >= 11 is 0. The molecule has 1 rings (SSSR count). The van der Waals surface area contributed by atoms with Crippen LogP contribution in [0.3, 0.4) is 0 Å². The highest BCUT2D eigenvalue weighted by molar-refractivity contribution is 5.87. The van der Waals surface area contributed by atoms with Gasteiger partial charge in [-0.05, 0) is 6.92 Å². The van der Waals surface area contributed by atoms with Gasteiger partial charge < -0.3 is 10.4 Å². The van der Waals surface area contributed by atoms with Crippen molar-refractivity contribution in [3.8, 4) is 0 Å². The highest BCUT2D eigenvalue weighted by atomic mass is 16.3. The van der Waals surface area contributed by atoms with Crippen molar-refractivity contribution in [3.05, 3.63) is 12.7 Å². The summed E-state index contributed by atoms with van der Waals surface area (Å²) in [6.07, 6.45) is 1.07. The number of rotatable bonds is 2. The summed E-state index contributed by atoms with van der Waals surface area (Å²) < 4.78 is 0. The Labute approximate surface area is 59.7 Å². The minimum absolute atomic E-state index is 0.0347. The Bertz CT molecular complexity index is 165. The molecule has 1 aliphatic rings. The van der Waals surface area contributed by atoms with Crippen molar-refractivity contribution in [3.63, 3.8) is 0 Å². The largest absolute Gasteiger partial charge is 0.392 e. The van der Waals surface area contributed by atoms with E-state index >= 15 is 0 Å². The van der Waals surface area contributed by atoms with Gasteiger partial charge in [0, 0.05) is 0 Å². The Morgan fingerprint density at radius 3 is 2.70 bits per heavy atom. The molecule has 0 bridgehead atoms. The predicted molar refractivity (Wildman–Crippen MR) is 37.3 cm³/mol. The molecule has 1 amide bonds. The molecule has 0 spiro atoms. The third-order valence-corrected chi connectivity index (χ3v) is 1.77. The summed E-state index contributed by atoms with van der Waals surface area (Å²) in [5.41, 5.74) is 0. The van der Waals surface area contributed by atoms with Crippen molar-refractivity contribution in [1.29, 1.82) is 0 Å². The smallest absolute Gasteiger partial charge is 0.228 e. The second kappa shape index (κ2) is 2.42. The molecule has 0 aliphatic carbocycles. The van der Waals surface area contributed by atoms with Gasteiger partial charge in [0.05, 0.1) is 18.1 Å². The van der Waals surface area contributed by atoms with Crippen LogP contribution in [0.1, 0.15) is 6.92 Å². The highest BCUT2D eigenvalue weighted by Crippen LogP contribution is 2.19. The van der Waals surface area contributed by atoms with E-state index in [1.165, 1.54) is 0 Å². The Morgan fingerprint density at radius 1 is 1.90 bits per heavy atom. The first-order chi connectivity index (χ1) is 4.66. The van der Waals surface area contributed by atoms with Crippen LogP contribution in [0.25, 0.3) is 0 Å². The van der Waals surface area contributed by atoms with E-state index in [2.05, 4.69) is 11.9 Å². The molecule has 3 atom stereocenters. The summed E-state index contributed by atoms with van der Waals surface area (Å²) in [6.45, 7) is 5.13. The molecule has 3 nitrogen and oxygen atoms in total. The van der Waals surface area contributed by atoms with Gasteiger partial charge in [-0.1, -0.05) is 6.08 Å². The molecule has 1 unspecified atom stereocenters. The average molecular weight is 141 g/mol. The lowest BCUT2D eigenvalue weighted by Crippen LogP contribution is -2.60. The zero-order valence-electron chi connectivity index (χ0n) is 5.87. The SMILES string of the molecule is C=C[C@H]1NC(=O)[C@@H]1C(C)O. The zero-order valence-corrected chi connectivity index (χ0v) is 5.87. The van der Waals surface area contributed by atoms with E-state index in [0.717, 1.165) is 0 Å². The molecule has 1 saturated heterocycles. The lowest BCUT2D eigenvalue weighted by atomic mass is 9.86. The fourth-order valence-electron chi connectivity index (χ4n) is 1.14. The second-order valence-corrected chi connectivity index (χ2v) is 2.54. The summed E-state index contributed by atoms with van der Waals surface area (Å²) in [6, 6.07) is -0.0347. The minimum atomic E-state index is -0.572. The Balaban J connectivity index is 2.55. The van der Waals surface area contributed by atoms with Crippen molar-refractivity contribution < 1.29 is 9.90 Å². The second-order valence-electron chi connectivity index (χ2n) is 2.54. The predicted octanol–water partition coefficient (Wildman–Crippen LogP) is -0.332. The van der Waals surface area contributed by atoms with Gasteiger partial charge in [-0.25, -0.2) is 0 Å². The van der Waals surface area contributed by atoms with Crippen LogP contribution in [0, 0.1) is 5.92 Å². The molecule has 10 heavy (non-hydrogen) atoms. The number of amides is 1. The standard InChI is InChI=1S/C7H11NO2/c1-3-5-6(4(2)9)7(10)8-5/h3-6,9H,1H2,2H3,(H,8,10)/t4?,5-,6-/m1/s1. The summed E-state index contributed by atoms with van der Waals surface area (Å²) in [5.74, 6) is -0.364. The van der Waals surface area contributed by atoms with Crippen LogP contribution >= 0.6 is 0 Å². The Kier molecular flexibility index (Phi) is 1.76. The molecule has 0 aromatic carbocycles. The number of aliphatic hydroxyl groups is 1. The summed E-state index contributed by atoms with van der Waals surface area (Å²) in [5, 5.41) is 11.6. The molecule has 56 valence electrons. The fraction of sp³-hybridized carbons (Fsp3) is 0.571. The van der Waals surface area contributed by atoms with Crippen molar-refractivity contribution in [1.82, 2.24) is 5.32 Å². The van der Waals surface area contributed by atoms with E-state index < -0.39 is 6.10 Å². The summed E-state index contributed by atoms with van der Waals surface area (Å²) in [4.78, 5) is 10.7. The number of β-lactam (4-membered cyclic amide) rings is 1. The first kappa shape index (κ1) is 7.28. The van der Waals surface area contributed by atoms with Crippen LogP contribution in [0.15, 0.2) is 12.7 Å². The van der Waals surface area contributed by atoms with E-state index in [4.69, 9.17) is 5.11 Å². The van der Waals surface area contributed by atoms with Gasteiger partial charge in [0.1, 0.15) is 0 Å². The number of aliphatic hydroxyl groups excluding tert-OH is 1. The maximum absolute atomic E-state index is 10.7. The molecule has 0 aromatic heterocycles. The van der Waals surface area contributed by atoms with Crippen LogP contribution in [0.5, 0.6) is 0 Å². The number of hydrogen-bond acceptors (Lipinski definition) is 2. The minimum Gasteiger partial charge on any atom is -0.392 e. The van der Waals surface area contributed by atoms with Crippen molar-refractivity contribution in [2.24, 2.45) is 5.92 Å². The van der Waals surface area contributed by atoms with Gasteiger partial charge in [0.15, 0.2) is 0 Å². The van der Waals surface area contributed by atoms with Gasteiger partial charge in [-0.2, -0.15) is 0 Å². The third kappa shape index (κ3) is 0.926. The first-order valence-electron chi connectivity index (χ1n) is 3.28. The monoisotopic (exact) mass is 141 g/mol. The molecule has 0 saturated carbocycles. The Hall–Kier alpha value is -0.830. The number of hydrogen-bond donors (Lipinski definition) is 2. The molecule has 1 heterocycles. The first-order valence-corrected chi connectivity index (χ1v) is 3.28. The average Bonchev–Trinajstić information content (AvgIpc) is 1.80. The van der Waals surface area contributed by atoms with E-state index in [1.807, 2.05) is 0 Å². The van der Waals surface area contributed by atoms with E-state index in [1.54, 1.807) is 13.0 Å². The van der Waals surface area contributed by atoms with Crippen molar-refractivity contribution in [2.75, 3.05) is 0 Å². The molecule has 0 aromatic rings. The normalized spacial score (nSPS) is 34.0. The van der Waals surface area contributed by atoms with Crippen LogP contribution in [-0.4, -0.2) is 23.2 Å². The Morgan fingerprint density at radius 2 is 2.50 bits per heavy atom. The van der Waals surface area contributed by atoms with Crippen LogP contribution < -0.4 is 5.32 Å². The van der Waals surface area contributed by atoms with Crippen molar-refractivity contribution in [2.45, 2.75) is 19.1 Å². The third-order valence-electron chi connectivity index (χ3n) is 1.77. The molecular formula is C7H11NO2. The maximum atomic E-state index is 10.7. The molecule has 1 aliphatic heterocycles. The van der Waals surface area contributed by atoms with Gasteiger partial charge in [0.2, 0.25) is 5.91 Å². The van der Waals surface area contributed by atoms with Crippen LogP contribution in [0.2, 0.25) is 0 Å². The van der Waals surface area contributed by atoms with E-state index in [0.29, 0.717) is 0 Å². The fourth-order valence-corrected chi connectivity index (χ4v) is 1.14.